The number of methoxy groups -OCH3 is 1. The van der Waals surface area contributed by atoms with E-state index in [1.165, 1.54) is 19.2 Å². The Kier molecular flexibility index (Phi) is 4.62. The molecule has 92 valence electrons. The molecule has 0 aromatic heterocycles. The van der Waals surface area contributed by atoms with Gasteiger partial charge in [0.2, 0.25) is 5.91 Å². The van der Waals surface area contributed by atoms with Crippen molar-refractivity contribution in [1.82, 2.24) is 0 Å². The highest BCUT2D eigenvalue weighted by molar-refractivity contribution is 5.96. The number of carbonyl (C=O) groups excluding carboxylic acids is 2. The van der Waals surface area contributed by atoms with Crippen molar-refractivity contribution < 1.29 is 14.3 Å². The summed E-state index contributed by atoms with van der Waals surface area (Å²) in [6.07, 6.45) is -0.689. The molecule has 0 aliphatic carbocycles. The molecule has 0 bridgehead atoms. The van der Waals surface area contributed by atoms with Gasteiger partial charge in [0.25, 0.3) is 5.91 Å². The first-order valence-electron chi connectivity index (χ1n) is 5.02. The largest absolute Gasteiger partial charge is 0.370 e. The maximum absolute atomic E-state index is 11.6. The summed E-state index contributed by atoms with van der Waals surface area (Å²) < 4.78 is 4.88. The minimum Gasteiger partial charge on any atom is -0.370 e. The molecule has 17 heavy (non-hydrogen) atoms. The van der Waals surface area contributed by atoms with Crippen molar-refractivity contribution in [2.75, 3.05) is 19.0 Å². The van der Waals surface area contributed by atoms with Crippen molar-refractivity contribution >= 4 is 17.5 Å². The van der Waals surface area contributed by atoms with Crippen LogP contribution in [0.2, 0.25) is 0 Å². The van der Waals surface area contributed by atoms with Gasteiger partial charge in [-0.05, 0) is 24.3 Å². The van der Waals surface area contributed by atoms with Crippen LogP contribution in [-0.4, -0.2) is 31.6 Å². The van der Waals surface area contributed by atoms with Crippen LogP contribution >= 0.6 is 0 Å². The summed E-state index contributed by atoms with van der Waals surface area (Å²) in [5, 5.41) is 2.61. The van der Waals surface area contributed by atoms with Gasteiger partial charge in [0.05, 0.1) is 0 Å². The molecule has 6 nitrogen and oxygen atoms in total. The Morgan fingerprint density at radius 2 is 1.94 bits per heavy atom. The average Bonchev–Trinajstić information content (AvgIpc) is 2.31. The Morgan fingerprint density at radius 3 is 2.35 bits per heavy atom. The smallest absolute Gasteiger partial charge is 0.254 e. The molecule has 0 fully saturated rings. The molecule has 1 atom stereocenters. The minimum absolute atomic E-state index is 0.0989. The summed E-state index contributed by atoms with van der Waals surface area (Å²) in [6, 6.07) is 6.23. The van der Waals surface area contributed by atoms with E-state index >= 15 is 0 Å². The zero-order valence-electron chi connectivity index (χ0n) is 9.47. The van der Waals surface area contributed by atoms with Crippen LogP contribution in [-0.2, 0) is 9.53 Å². The summed E-state index contributed by atoms with van der Waals surface area (Å²) in [4.78, 5) is 22.4. The van der Waals surface area contributed by atoms with Crippen LogP contribution in [0, 0.1) is 0 Å². The zero-order chi connectivity index (χ0) is 12.8. The predicted octanol–water partition coefficient (Wildman–Crippen LogP) is -0.302. The van der Waals surface area contributed by atoms with Crippen LogP contribution in [0.5, 0.6) is 0 Å². The highest BCUT2D eigenvalue weighted by Gasteiger charge is 2.15. The SMILES string of the molecule is COC(CN)C(=O)Nc1ccc(C(N)=O)cc1. The monoisotopic (exact) mass is 237 g/mol. The van der Waals surface area contributed by atoms with Gasteiger partial charge in [0, 0.05) is 24.9 Å². The van der Waals surface area contributed by atoms with Crippen molar-refractivity contribution in [1.29, 1.82) is 0 Å². The van der Waals surface area contributed by atoms with E-state index in [0.717, 1.165) is 0 Å². The van der Waals surface area contributed by atoms with Crippen molar-refractivity contribution in [3.05, 3.63) is 29.8 Å². The van der Waals surface area contributed by atoms with Crippen molar-refractivity contribution in [2.45, 2.75) is 6.10 Å². The van der Waals surface area contributed by atoms with Crippen molar-refractivity contribution in [3.8, 4) is 0 Å². The quantitative estimate of drug-likeness (QED) is 0.653. The lowest BCUT2D eigenvalue weighted by Crippen LogP contribution is -2.35. The van der Waals surface area contributed by atoms with Crippen LogP contribution in [0.25, 0.3) is 0 Å². The number of benzene rings is 1. The van der Waals surface area contributed by atoms with Crippen molar-refractivity contribution in [3.63, 3.8) is 0 Å². The first kappa shape index (κ1) is 13.1. The van der Waals surface area contributed by atoms with E-state index < -0.39 is 12.0 Å². The number of nitrogens with two attached hydrogens (primary N) is 2. The number of anilines is 1. The molecule has 2 amide bonds. The Balaban J connectivity index is 2.69. The highest BCUT2D eigenvalue weighted by Crippen LogP contribution is 2.09. The lowest BCUT2D eigenvalue weighted by atomic mass is 10.2. The molecule has 0 saturated carbocycles. The molecular weight excluding hydrogens is 222 g/mol. The van der Waals surface area contributed by atoms with E-state index in [-0.39, 0.29) is 12.5 Å². The molecule has 0 aliphatic heterocycles. The number of nitrogens with one attached hydrogen (secondary N) is 1. The van der Waals surface area contributed by atoms with Gasteiger partial charge in [-0.25, -0.2) is 0 Å². The topological polar surface area (TPSA) is 107 Å². The van der Waals surface area contributed by atoms with Gasteiger partial charge in [-0.1, -0.05) is 0 Å². The Labute approximate surface area is 98.9 Å². The van der Waals surface area contributed by atoms with Crippen LogP contribution in [0.1, 0.15) is 10.4 Å². The predicted molar refractivity (Wildman–Crippen MR) is 63.4 cm³/mol. The summed E-state index contributed by atoms with van der Waals surface area (Å²) in [5.41, 5.74) is 11.4. The maximum Gasteiger partial charge on any atom is 0.254 e. The van der Waals surface area contributed by atoms with Crippen LogP contribution < -0.4 is 16.8 Å². The molecule has 1 aromatic carbocycles. The molecule has 0 aliphatic rings. The van der Waals surface area contributed by atoms with Gasteiger partial charge in [-0.3, -0.25) is 9.59 Å². The fourth-order valence-electron chi connectivity index (χ4n) is 1.25. The number of amides is 2. The normalized spacial score (nSPS) is 11.9. The molecule has 0 heterocycles. The third kappa shape index (κ3) is 3.54. The Hall–Kier alpha value is -1.92. The lowest BCUT2D eigenvalue weighted by molar-refractivity contribution is -0.125. The third-order valence-corrected chi connectivity index (χ3v) is 2.23. The third-order valence-electron chi connectivity index (χ3n) is 2.23. The summed E-state index contributed by atoms with van der Waals surface area (Å²) >= 11 is 0. The second-order valence-corrected chi connectivity index (χ2v) is 3.39. The molecule has 0 radical (unpaired) electrons. The Morgan fingerprint density at radius 1 is 1.35 bits per heavy atom. The lowest BCUT2D eigenvalue weighted by Gasteiger charge is -2.13. The molecule has 1 rings (SSSR count). The van der Waals surface area contributed by atoms with Gasteiger partial charge in [-0.15, -0.1) is 0 Å². The molecule has 1 unspecified atom stereocenters. The molecule has 6 heteroatoms. The molecule has 1 aromatic rings. The van der Waals surface area contributed by atoms with Gasteiger partial charge in [-0.2, -0.15) is 0 Å². The summed E-state index contributed by atoms with van der Waals surface area (Å²) in [5.74, 6) is -0.846. The van der Waals surface area contributed by atoms with Crippen LogP contribution in [0.4, 0.5) is 5.69 Å². The van der Waals surface area contributed by atoms with Crippen LogP contribution in [0.3, 0.4) is 0 Å². The molecular formula is C11H15N3O3. The zero-order valence-corrected chi connectivity index (χ0v) is 9.47. The Bertz CT molecular complexity index is 399. The molecule has 0 saturated heterocycles. The number of carbonyl (C=O) groups is 2. The van der Waals surface area contributed by atoms with E-state index in [1.54, 1.807) is 12.1 Å². The van der Waals surface area contributed by atoms with Gasteiger partial charge < -0.3 is 21.5 Å². The van der Waals surface area contributed by atoms with Gasteiger partial charge in [0.15, 0.2) is 0 Å². The maximum atomic E-state index is 11.6. The average molecular weight is 237 g/mol. The second-order valence-electron chi connectivity index (χ2n) is 3.39. The summed E-state index contributed by atoms with van der Waals surface area (Å²) in [6.45, 7) is 0.0989. The summed E-state index contributed by atoms with van der Waals surface area (Å²) in [7, 11) is 1.41. The molecule has 0 spiro atoms. The fraction of sp³-hybridized carbons (Fsp3) is 0.273. The highest BCUT2D eigenvalue weighted by atomic mass is 16.5. The van der Waals surface area contributed by atoms with E-state index in [1.807, 2.05) is 0 Å². The van der Waals surface area contributed by atoms with E-state index in [9.17, 15) is 9.59 Å². The number of hydrogen-bond donors (Lipinski definition) is 3. The number of rotatable bonds is 5. The standard InChI is InChI=1S/C11H15N3O3/c1-17-9(6-12)11(16)14-8-4-2-7(3-5-8)10(13)15/h2-5,9H,6,12H2,1H3,(H2,13,15)(H,14,16). The van der Waals surface area contributed by atoms with E-state index in [4.69, 9.17) is 16.2 Å². The number of ether oxygens (including phenoxy) is 1. The van der Waals surface area contributed by atoms with Gasteiger partial charge >= 0.3 is 0 Å². The first-order chi connectivity index (χ1) is 8.08. The van der Waals surface area contributed by atoms with Gasteiger partial charge in [0.1, 0.15) is 6.10 Å². The van der Waals surface area contributed by atoms with E-state index in [2.05, 4.69) is 5.32 Å². The van der Waals surface area contributed by atoms with E-state index in [0.29, 0.717) is 11.3 Å². The second kappa shape index (κ2) is 5.97. The number of primary amides is 1. The number of hydrogen-bond acceptors (Lipinski definition) is 4. The fourth-order valence-corrected chi connectivity index (χ4v) is 1.25. The molecule has 5 N–H and O–H groups in total. The first-order valence-corrected chi connectivity index (χ1v) is 5.02. The van der Waals surface area contributed by atoms with Crippen LogP contribution in [0.15, 0.2) is 24.3 Å². The van der Waals surface area contributed by atoms with Crippen molar-refractivity contribution in [2.24, 2.45) is 11.5 Å². The minimum atomic E-state index is -0.689.